The van der Waals surface area contributed by atoms with Crippen molar-refractivity contribution < 1.29 is 9.90 Å². The van der Waals surface area contributed by atoms with Gasteiger partial charge in [-0.25, -0.2) is 4.68 Å². The number of nitrogens with one attached hydrogen (secondary N) is 1. The minimum Gasteiger partial charge on any atom is -0.396 e. The number of aryl methyl sites for hydroxylation is 1. The summed E-state index contributed by atoms with van der Waals surface area (Å²) in [4.78, 5) is 12.7. The maximum atomic E-state index is 12.7. The Morgan fingerprint density at radius 3 is 2.96 bits per heavy atom. The molecular weight excluding hydrogens is 326 g/mol. The van der Waals surface area contributed by atoms with Gasteiger partial charge >= 0.3 is 0 Å². The molecule has 1 amide bonds. The quantitative estimate of drug-likeness (QED) is 0.893. The van der Waals surface area contributed by atoms with E-state index in [4.69, 9.17) is 11.6 Å². The van der Waals surface area contributed by atoms with Gasteiger partial charge in [-0.1, -0.05) is 37.1 Å². The molecule has 1 heterocycles. The Hall–Kier alpha value is -1.85. The van der Waals surface area contributed by atoms with E-state index in [-0.39, 0.29) is 24.0 Å². The van der Waals surface area contributed by atoms with Crippen LogP contribution < -0.4 is 5.32 Å². The summed E-state index contributed by atoms with van der Waals surface area (Å²) < 4.78 is 1.63. The molecule has 24 heavy (non-hydrogen) atoms. The molecule has 0 aliphatic heterocycles. The number of carbonyl (C=O) groups is 1. The molecule has 1 aromatic heterocycles. The van der Waals surface area contributed by atoms with Gasteiger partial charge in [0.25, 0.3) is 5.91 Å². The first-order valence-corrected chi connectivity index (χ1v) is 8.55. The van der Waals surface area contributed by atoms with Gasteiger partial charge in [-0.05, 0) is 31.9 Å². The smallest absolute Gasteiger partial charge is 0.272 e. The summed E-state index contributed by atoms with van der Waals surface area (Å²) in [5.74, 6) is -0.204. The highest BCUT2D eigenvalue weighted by Gasteiger charge is 2.39. The summed E-state index contributed by atoms with van der Waals surface area (Å²) >= 11 is 6.20. The topological polar surface area (TPSA) is 67.2 Å². The van der Waals surface area contributed by atoms with Crippen molar-refractivity contribution >= 4 is 17.5 Å². The molecule has 1 saturated carbocycles. The van der Waals surface area contributed by atoms with Gasteiger partial charge in [0, 0.05) is 23.2 Å². The standard InChI is InChI=1S/C18H22ClN3O2/c1-12-10-22(14-7-4-3-6-13(14)19)21-16(12)17(24)20-15-8-5-9-18(15,2)11-23/h3-4,6-7,10,15,23H,5,8-9,11H2,1-2H3,(H,20,24). The largest absolute Gasteiger partial charge is 0.396 e. The Morgan fingerprint density at radius 1 is 1.50 bits per heavy atom. The summed E-state index contributed by atoms with van der Waals surface area (Å²) in [6.45, 7) is 3.94. The van der Waals surface area contributed by atoms with Crippen molar-refractivity contribution in [1.29, 1.82) is 0 Å². The first-order valence-electron chi connectivity index (χ1n) is 8.17. The number of halogens is 1. The fourth-order valence-electron chi connectivity index (χ4n) is 3.34. The molecule has 5 nitrogen and oxygen atoms in total. The molecule has 2 aromatic rings. The van der Waals surface area contributed by atoms with Gasteiger partial charge in [0.2, 0.25) is 0 Å². The average Bonchev–Trinajstić information content (AvgIpc) is 3.12. The lowest BCUT2D eigenvalue weighted by atomic mass is 9.86. The molecule has 3 rings (SSSR count). The SMILES string of the molecule is Cc1cn(-c2ccccc2Cl)nc1C(=O)NC1CCCC1(C)CO. The third-order valence-electron chi connectivity index (χ3n) is 4.96. The van der Waals surface area contributed by atoms with E-state index >= 15 is 0 Å². The number of amides is 1. The number of carbonyl (C=O) groups excluding carboxylic acids is 1. The number of hydrogen-bond donors (Lipinski definition) is 2. The zero-order valence-electron chi connectivity index (χ0n) is 13.9. The highest BCUT2D eigenvalue weighted by molar-refractivity contribution is 6.32. The Labute approximate surface area is 146 Å². The molecular formula is C18H22ClN3O2. The maximum Gasteiger partial charge on any atom is 0.272 e. The highest BCUT2D eigenvalue weighted by Crippen LogP contribution is 2.37. The minimum atomic E-state index is -0.255. The lowest BCUT2D eigenvalue weighted by molar-refractivity contribution is 0.0825. The van der Waals surface area contributed by atoms with Crippen LogP contribution in [0.4, 0.5) is 0 Å². The lowest BCUT2D eigenvalue weighted by Crippen LogP contribution is -2.45. The second-order valence-electron chi connectivity index (χ2n) is 6.79. The number of hydrogen-bond acceptors (Lipinski definition) is 3. The van der Waals surface area contributed by atoms with Crippen molar-refractivity contribution in [3.63, 3.8) is 0 Å². The molecule has 1 aliphatic rings. The predicted molar refractivity (Wildman–Crippen MR) is 93.6 cm³/mol. The maximum absolute atomic E-state index is 12.7. The van der Waals surface area contributed by atoms with Crippen LogP contribution in [0.25, 0.3) is 5.69 Å². The molecule has 1 aliphatic carbocycles. The molecule has 128 valence electrons. The van der Waals surface area contributed by atoms with Crippen LogP contribution in [-0.4, -0.2) is 33.4 Å². The summed E-state index contributed by atoms with van der Waals surface area (Å²) in [6.07, 6.45) is 4.61. The summed E-state index contributed by atoms with van der Waals surface area (Å²) in [7, 11) is 0. The van der Waals surface area contributed by atoms with Crippen LogP contribution in [-0.2, 0) is 0 Å². The summed E-state index contributed by atoms with van der Waals surface area (Å²) in [5.41, 5.74) is 1.66. The van der Waals surface area contributed by atoms with Crippen LogP contribution >= 0.6 is 11.6 Å². The van der Waals surface area contributed by atoms with Gasteiger partial charge in [-0.2, -0.15) is 5.10 Å². The molecule has 2 unspecified atom stereocenters. The van der Waals surface area contributed by atoms with Gasteiger partial charge in [0.15, 0.2) is 5.69 Å². The minimum absolute atomic E-state index is 0.0279. The van der Waals surface area contributed by atoms with E-state index in [9.17, 15) is 9.90 Å². The monoisotopic (exact) mass is 347 g/mol. The van der Waals surface area contributed by atoms with E-state index in [0.717, 1.165) is 30.5 Å². The van der Waals surface area contributed by atoms with Crippen LogP contribution in [0.15, 0.2) is 30.5 Å². The van der Waals surface area contributed by atoms with Crippen molar-refractivity contribution in [2.24, 2.45) is 5.41 Å². The van der Waals surface area contributed by atoms with E-state index in [0.29, 0.717) is 10.7 Å². The second-order valence-corrected chi connectivity index (χ2v) is 7.19. The Morgan fingerprint density at radius 2 is 2.25 bits per heavy atom. The fraction of sp³-hybridized carbons (Fsp3) is 0.444. The van der Waals surface area contributed by atoms with Crippen molar-refractivity contribution in [3.8, 4) is 5.69 Å². The van der Waals surface area contributed by atoms with Gasteiger partial charge in [-0.3, -0.25) is 4.79 Å². The number of aromatic nitrogens is 2. The zero-order chi connectivity index (χ0) is 17.3. The first kappa shape index (κ1) is 17.0. The number of aliphatic hydroxyl groups excluding tert-OH is 1. The number of rotatable bonds is 4. The van der Waals surface area contributed by atoms with Crippen LogP contribution in [0.2, 0.25) is 5.02 Å². The van der Waals surface area contributed by atoms with E-state index in [1.165, 1.54) is 0 Å². The van der Waals surface area contributed by atoms with E-state index in [2.05, 4.69) is 10.4 Å². The third kappa shape index (κ3) is 3.06. The Balaban J connectivity index is 1.83. The zero-order valence-corrected chi connectivity index (χ0v) is 14.7. The Kier molecular flexibility index (Phi) is 4.65. The molecule has 0 radical (unpaired) electrons. The normalized spacial score (nSPS) is 23.4. The number of benzene rings is 1. The average molecular weight is 348 g/mol. The molecule has 1 fully saturated rings. The molecule has 0 spiro atoms. The van der Waals surface area contributed by atoms with Gasteiger partial charge in [0.1, 0.15) is 0 Å². The second kappa shape index (κ2) is 6.57. The number of nitrogens with zero attached hydrogens (tertiary/aromatic N) is 2. The predicted octanol–water partition coefficient (Wildman–Crippen LogP) is 3.12. The van der Waals surface area contributed by atoms with Crippen molar-refractivity contribution in [2.45, 2.75) is 39.2 Å². The van der Waals surface area contributed by atoms with Crippen molar-refractivity contribution in [1.82, 2.24) is 15.1 Å². The number of aliphatic hydroxyl groups is 1. The molecule has 2 N–H and O–H groups in total. The van der Waals surface area contributed by atoms with Gasteiger partial charge < -0.3 is 10.4 Å². The molecule has 6 heteroatoms. The molecule has 2 atom stereocenters. The van der Waals surface area contributed by atoms with Crippen LogP contribution in [0.5, 0.6) is 0 Å². The van der Waals surface area contributed by atoms with E-state index in [1.807, 2.05) is 32.0 Å². The van der Waals surface area contributed by atoms with Crippen LogP contribution in [0, 0.1) is 12.3 Å². The fourth-order valence-corrected chi connectivity index (χ4v) is 3.56. The molecule has 0 saturated heterocycles. The Bertz CT molecular complexity index is 758. The first-order chi connectivity index (χ1) is 11.4. The molecule has 1 aromatic carbocycles. The van der Waals surface area contributed by atoms with Crippen molar-refractivity contribution in [2.75, 3.05) is 6.61 Å². The van der Waals surface area contributed by atoms with Crippen molar-refractivity contribution in [3.05, 3.63) is 46.7 Å². The van der Waals surface area contributed by atoms with Gasteiger partial charge in [0.05, 0.1) is 17.3 Å². The van der Waals surface area contributed by atoms with E-state index in [1.54, 1.807) is 16.9 Å². The highest BCUT2D eigenvalue weighted by atomic mass is 35.5. The van der Waals surface area contributed by atoms with E-state index < -0.39 is 0 Å². The van der Waals surface area contributed by atoms with Gasteiger partial charge in [-0.15, -0.1) is 0 Å². The van der Waals surface area contributed by atoms with Crippen LogP contribution in [0.1, 0.15) is 42.2 Å². The van der Waals surface area contributed by atoms with Crippen LogP contribution in [0.3, 0.4) is 0 Å². The third-order valence-corrected chi connectivity index (χ3v) is 5.28. The summed E-state index contributed by atoms with van der Waals surface area (Å²) in [5, 5.41) is 17.7. The summed E-state index contributed by atoms with van der Waals surface area (Å²) in [6, 6.07) is 7.35. The molecule has 0 bridgehead atoms. The number of para-hydroxylation sites is 1. The lowest BCUT2D eigenvalue weighted by Gasteiger charge is -2.29.